The van der Waals surface area contributed by atoms with Crippen LogP contribution in [0.15, 0.2) is 30.3 Å². The molecule has 0 radical (unpaired) electrons. The molecule has 0 unspecified atom stereocenters. The second-order valence-corrected chi connectivity index (χ2v) is 5.11. The van der Waals surface area contributed by atoms with Crippen molar-refractivity contribution in [2.45, 2.75) is 0 Å². The van der Waals surface area contributed by atoms with Crippen molar-refractivity contribution in [2.24, 2.45) is 0 Å². The van der Waals surface area contributed by atoms with Crippen LogP contribution in [-0.2, 0) is 0 Å². The number of fused-ring (bicyclic) bond motifs is 1. The number of nitrogens with one attached hydrogen (secondary N) is 2. The number of hydrogen-bond acceptors (Lipinski definition) is 4. The van der Waals surface area contributed by atoms with Crippen molar-refractivity contribution in [1.29, 1.82) is 5.41 Å². The van der Waals surface area contributed by atoms with Gasteiger partial charge in [0.1, 0.15) is 11.3 Å². The summed E-state index contributed by atoms with van der Waals surface area (Å²) in [6.07, 6.45) is 0. The first-order valence-corrected chi connectivity index (χ1v) is 6.73. The molecule has 5 N–H and O–H groups in total. The second kappa shape index (κ2) is 5.49. The monoisotopic (exact) mass is 337 g/mol. The van der Waals surface area contributed by atoms with Gasteiger partial charge in [0.25, 0.3) is 0 Å². The molecular weight excluding hydrogens is 328 g/mol. The molecule has 23 heavy (non-hydrogen) atoms. The van der Waals surface area contributed by atoms with Crippen molar-refractivity contribution in [3.63, 3.8) is 0 Å². The lowest BCUT2D eigenvalue weighted by atomic mass is 10.1. The fourth-order valence-corrected chi connectivity index (χ4v) is 2.31. The molecule has 0 saturated carbocycles. The van der Waals surface area contributed by atoms with E-state index in [9.17, 15) is 14.0 Å². The van der Waals surface area contributed by atoms with Gasteiger partial charge >= 0.3 is 0 Å². The van der Waals surface area contributed by atoms with Gasteiger partial charge in [0.2, 0.25) is 0 Å². The lowest BCUT2D eigenvalue weighted by Gasteiger charge is -2.18. The molecule has 0 fully saturated rings. The number of halogens is 3. The highest BCUT2D eigenvalue weighted by Crippen LogP contribution is 2.26. The molecule has 1 aromatic heterocycles. The predicted octanol–water partition coefficient (Wildman–Crippen LogP) is 3.30. The summed E-state index contributed by atoms with van der Waals surface area (Å²) in [6.45, 7) is 0. The Morgan fingerprint density at radius 1 is 1.26 bits per heavy atom. The van der Waals surface area contributed by atoms with Crippen LogP contribution in [0.25, 0.3) is 11.0 Å². The molecule has 3 aromatic rings. The molecule has 0 aliphatic heterocycles. The van der Waals surface area contributed by atoms with E-state index >= 15 is 0 Å². The summed E-state index contributed by atoms with van der Waals surface area (Å²) in [6, 6.07) is 5.87. The third-order valence-corrected chi connectivity index (χ3v) is 3.52. The number of hydrogen-bond donors (Lipinski definition) is 4. The summed E-state index contributed by atoms with van der Waals surface area (Å²) in [5.41, 5.74) is 5.87. The van der Waals surface area contributed by atoms with E-state index < -0.39 is 11.6 Å². The molecule has 0 atom stereocenters. The van der Waals surface area contributed by atoms with Crippen LogP contribution in [0.1, 0.15) is 5.56 Å². The molecule has 1 heterocycles. The fraction of sp³-hybridized carbons (Fsp3) is 0. The average Bonchev–Trinajstić information content (AvgIpc) is 2.91. The van der Waals surface area contributed by atoms with Gasteiger partial charge in [-0.05, 0) is 30.3 Å². The Morgan fingerprint density at radius 2 is 1.96 bits per heavy atom. The van der Waals surface area contributed by atoms with Gasteiger partial charge < -0.3 is 10.7 Å². The van der Waals surface area contributed by atoms with Crippen molar-refractivity contribution < 1.29 is 14.0 Å². The molecule has 6 nitrogen and oxygen atoms in total. The SMILES string of the molecule is N=C(c1ccc(F)c2nc(N)[nH]c12)N(O)c1ccc(F)c(Cl)c1. The van der Waals surface area contributed by atoms with Crippen molar-refractivity contribution in [3.05, 3.63) is 52.6 Å². The van der Waals surface area contributed by atoms with Gasteiger partial charge in [-0.3, -0.25) is 10.6 Å². The lowest BCUT2D eigenvalue weighted by Crippen LogP contribution is -2.27. The van der Waals surface area contributed by atoms with Gasteiger partial charge in [-0.1, -0.05) is 11.6 Å². The topological polar surface area (TPSA) is 102 Å². The number of rotatable bonds is 2. The van der Waals surface area contributed by atoms with Gasteiger partial charge in [0.05, 0.1) is 16.2 Å². The molecule has 0 bridgehead atoms. The molecule has 0 spiro atoms. The van der Waals surface area contributed by atoms with Crippen molar-refractivity contribution >= 4 is 40.1 Å². The first kappa shape index (κ1) is 15.2. The number of anilines is 2. The quantitative estimate of drug-likeness (QED) is 0.327. The smallest absolute Gasteiger partial charge is 0.198 e. The maximum absolute atomic E-state index is 13.7. The van der Waals surface area contributed by atoms with E-state index in [-0.39, 0.29) is 39.1 Å². The van der Waals surface area contributed by atoms with E-state index in [1.165, 1.54) is 12.1 Å². The molecule has 0 amide bonds. The number of nitrogens with two attached hydrogens (primary N) is 1. The third-order valence-electron chi connectivity index (χ3n) is 3.23. The summed E-state index contributed by atoms with van der Waals surface area (Å²) >= 11 is 5.66. The summed E-state index contributed by atoms with van der Waals surface area (Å²) in [5, 5.41) is 18.5. The Kier molecular flexibility index (Phi) is 3.63. The number of amidine groups is 1. The first-order chi connectivity index (χ1) is 10.9. The van der Waals surface area contributed by atoms with Crippen LogP contribution in [-0.4, -0.2) is 21.0 Å². The zero-order valence-corrected chi connectivity index (χ0v) is 12.2. The largest absolute Gasteiger partial charge is 0.369 e. The van der Waals surface area contributed by atoms with Gasteiger partial charge in [-0.15, -0.1) is 0 Å². The molecule has 0 aliphatic rings. The Labute approximate surface area is 133 Å². The van der Waals surface area contributed by atoms with Crippen LogP contribution in [0.3, 0.4) is 0 Å². The van der Waals surface area contributed by atoms with Crippen LogP contribution in [0.4, 0.5) is 20.4 Å². The number of aromatic amines is 1. The standard InChI is InChI=1S/C14H10ClF2N5O/c15-8-5-6(1-3-9(8)16)22(23)13(18)7-2-4-10(17)12-11(7)20-14(19)21-12/h1-5,18,23H,(H3,19,20,21). The number of nitrogens with zero attached hydrogens (tertiary/aromatic N) is 2. The number of aromatic nitrogens is 2. The maximum atomic E-state index is 13.7. The molecule has 2 aromatic carbocycles. The number of H-pyrrole nitrogens is 1. The van der Waals surface area contributed by atoms with E-state index in [1.54, 1.807) is 0 Å². The van der Waals surface area contributed by atoms with E-state index in [4.69, 9.17) is 22.7 Å². The third kappa shape index (κ3) is 2.58. The number of benzene rings is 2. The maximum Gasteiger partial charge on any atom is 0.198 e. The normalized spacial score (nSPS) is 11.0. The minimum absolute atomic E-state index is 0.0199. The summed E-state index contributed by atoms with van der Waals surface area (Å²) < 4.78 is 26.9. The highest BCUT2D eigenvalue weighted by atomic mass is 35.5. The van der Waals surface area contributed by atoms with Crippen molar-refractivity contribution in [3.8, 4) is 0 Å². The minimum Gasteiger partial charge on any atom is -0.369 e. The first-order valence-electron chi connectivity index (χ1n) is 6.35. The Bertz CT molecular complexity index is 927. The van der Waals surface area contributed by atoms with Gasteiger partial charge in [-0.25, -0.2) is 18.8 Å². The van der Waals surface area contributed by atoms with Gasteiger partial charge in [0.15, 0.2) is 17.6 Å². The Hall–Kier alpha value is -2.71. The van der Waals surface area contributed by atoms with E-state index in [2.05, 4.69) is 9.97 Å². The molecule has 0 saturated heterocycles. The van der Waals surface area contributed by atoms with Crippen molar-refractivity contribution in [2.75, 3.05) is 10.8 Å². The van der Waals surface area contributed by atoms with Gasteiger partial charge in [-0.2, -0.15) is 0 Å². The molecule has 9 heteroatoms. The summed E-state index contributed by atoms with van der Waals surface area (Å²) in [5.74, 6) is -1.67. The number of imidazole rings is 1. The van der Waals surface area contributed by atoms with Gasteiger partial charge in [0, 0.05) is 5.56 Å². The zero-order chi connectivity index (χ0) is 16.7. The van der Waals surface area contributed by atoms with Crippen LogP contribution in [0.5, 0.6) is 0 Å². The average molecular weight is 338 g/mol. The molecule has 0 aliphatic carbocycles. The Balaban J connectivity index is 2.06. The molecular formula is C14H10ClF2N5O. The lowest BCUT2D eigenvalue weighted by molar-refractivity contribution is 0.312. The fourth-order valence-electron chi connectivity index (χ4n) is 2.14. The number of hydroxylamine groups is 1. The highest BCUT2D eigenvalue weighted by molar-refractivity contribution is 6.31. The Morgan fingerprint density at radius 3 is 2.65 bits per heavy atom. The zero-order valence-electron chi connectivity index (χ0n) is 11.4. The second-order valence-electron chi connectivity index (χ2n) is 4.70. The van der Waals surface area contributed by atoms with Crippen LogP contribution in [0.2, 0.25) is 5.02 Å². The van der Waals surface area contributed by atoms with E-state index in [1.807, 2.05) is 0 Å². The van der Waals surface area contributed by atoms with E-state index in [0.29, 0.717) is 5.06 Å². The number of nitrogen functional groups attached to an aromatic ring is 1. The van der Waals surface area contributed by atoms with E-state index in [0.717, 1.165) is 18.2 Å². The van der Waals surface area contributed by atoms with Crippen LogP contribution >= 0.6 is 11.6 Å². The van der Waals surface area contributed by atoms with Crippen molar-refractivity contribution in [1.82, 2.24) is 9.97 Å². The molecule has 118 valence electrons. The molecule has 3 rings (SSSR count). The predicted molar refractivity (Wildman–Crippen MR) is 83.0 cm³/mol. The highest BCUT2D eigenvalue weighted by Gasteiger charge is 2.19. The minimum atomic E-state index is -0.652. The van der Waals surface area contributed by atoms with Crippen LogP contribution in [0, 0.1) is 17.0 Å². The summed E-state index contributed by atoms with van der Waals surface area (Å²) in [4.78, 5) is 6.43. The van der Waals surface area contributed by atoms with Crippen LogP contribution < -0.4 is 10.8 Å². The summed E-state index contributed by atoms with van der Waals surface area (Å²) in [7, 11) is 0.